The maximum Gasteiger partial charge on any atom is 0.359 e. The van der Waals surface area contributed by atoms with Gasteiger partial charge in [0.05, 0.1) is 27.1 Å². The lowest BCUT2D eigenvalue weighted by Crippen LogP contribution is -2.63. The van der Waals surface area contributed by atoms with Crippen LogP contribution in [0.25, 0.3) is 0 Å². The number of halogens is 2. The molecule has 11 heteroatoms. The zero-order chi connectivity index (χ0) is 26.0. The highest BCUT2D eigenvalue weighted by Crippen LogP contribution is 2.32. The molecule has 36 heavy (non-hydrogen) atoms. The first-order valence-electron chi connectivity index (χ1n) is 11.0. The number of carbonyl (C=O) groups excluding carboxylic acids is 3. The third-order valence-electron chi connectivity index (χ3n) is 6.20. The molecule has 1 N–H and O–H groups in total. The lowest BCUT2D eigenvalue weighted by atomic mass is 9.93. The Morgan fingerprint density at radius 1 is 1.19 bits per heavy atom. The molecule has 1 aliphatic heterocycles. The number of rotatable bonds is 7. The van der Waals surface area contributed by atoms with Crippen molar-refractivity contribution in [1.82, 2.24) is 19.8 Å². The molecule has 1 aromatic heterocycles. The second-order valence-electron chi connectivity index (χ2n) is 8.46. The molecular weight excluding hydrogens is 491 g/mol. The predicted molar refractivity (Wildman–Crippen MR) is 128 cm³/mol. The van der Waals surface area contributed by atoms with E-state index in [0.717, 1.165) is 11.6 Å². The first-order chi connectivity index (χ1) is 17.2. The van der Waals surface area contributed by atoms with E-state index in [1.807, 2.05) is 18.2 Å². The number of nitrogens with one attached hydrogen (secondary N) is 1. The van der Waals surface area contributed by atoms with Crippen LogP contribution in [0.3, 0.4) is 0 Å². The van der Waals surface area contributed by atoms with E-state index < -0.39 is 29.1 Å². The van der Waals surface area contributed by atoms with E-state index in [1.165, 1.54) is 42.1 Å². The molecule has 2 aromatic carbocycles. The molecule has 4 rings (SSSR count). The van der Waals surface area contributed by atoms with Gasteiger partial charge in [0.2, 0.25) is 5.91 Å². The zero-order valence-electron chi connectivity index (χ0n) is 19.9. The third-order valence-corrected chi connectivity index (χ3v) is 6.55. The second kappa shape index (κ2) is 9.98. The summed E-state index contributed by atoms with van der Waals surface area (Å²) in [5, 5.41) is 2.99. The fraction of sp³-hybridized carbons (Fsp3) is 0.280. The number of para-hydroxylation sites is 1. The average molecular weight is 515 g/mol. The van der Waals surface area contributed by atoms with Crippen LogP contribution in [-0.2, 0) is 29.2 Å². The van der Waals surface area contributed by atoms with Crippen molar-refractivity contribution in [2.24, 2.45) is 0 Å². The van der Waals surface area contributed by atoms with Gasteiger partial charge in [-0.2, -0.15) is 0 Å². The molecule has 2 amide bonds. The van der Waals surface area contributed by atoms with Crippen molar-refractivity contribution in [3.05, 3.63) is 82.1 Å². The van der Waals surface area contributed by atoms with Crippen LogP contribution >= 0.6 is 11.6 Å². The van der Waals surface area contributed by atoms with Crippen molar-refractivity contribution in [3.63, 3.8) is 0 Å². The fourth-order valence-electron chi connectivity index (χ4n) is 4.22. The summed E-state index contributed by atoms with van der Waals surface area (Å²) in [4.78, 5) is 45.0. The number of amides is 2. The molecule has 9 nitrogen and oxygen atoms in total. The van der Waals surface area contributed by atoms with Crippen LogP contribution in [0, 0.1) is 5.82 Å². The van der Waals surface area contributed by atoms with E-state index in [4.69, 9.17) is 21.1 Å². The first kappa shape index (κ1) is 25.2. The van der Waals surface area contributed by atoms with Crippen LogP contribution < -0.4 is 10.1 Å². The van der Waals surface area contributed by atoms with E-state index in [2.05, 4.69) is 10.3 Å². The standard InChI is InChI=1S/C25H24ClFN4O5/c1-25(24(34)28-11-15-6-4-5-7-19(15)35-2)13-30-14-29-20(23(33)36-3)21(30)22(32)31(25)12-16-8-9-17(27)10-18(16)26/h4-10,14H,11-13H2,1-3H3,(H,28,34)/t25-/m0/s1. The number of hydrogen-bond donors (Lipinski definition) is 1. The summed E-state index contributed by atoms with van der Waals surface area (Å²) in [5.74, 6) is -1.76. The Kier molecular flexibility index (Phi) is 6.98. The van der Waals surface area contributed by atoms with E-state index in [9.17, 15) is 18.8 Å². The van der Waals surface area contributed by atoms with Crippen LogP contribution in [0.2, 0.25) is 5.02 Å². The summed E-state index contributed by atoms with van der Waals surface area (Å²) >= 11 is 6.24. The highest BCUT2D eigenvalue weighted by molar-refractivity contribution is 6.31. The van der Waals surface area contributed by atoms with Crippen molar-refractivity contribution in [1.29, 1.82) is 0 Å². The zero-order valence-corrected chi connectivity index (χ0v) is 20.6. The first-order valence-corrected chi connectivity index (χ1v) is 11.4. The maximum atomic E-state index is 13.7. The molecule has 0 fully saturated rings. The lowest BCUT2D eigenvalue weighted by Gasteiger charge is -2.44. The van der Waals surface area contributed by atoms with Gasteiger partial charge in [-0.25, -0.2) is 14.2 Å². The quantitative estimate of drug-likeness (QED) is 0.486. The predicted octanol–water partition coefficient (Wildman–Crippen LogP) is 3.20. The monoisotopic (exact) mass is 514 g/mol. The number of carbonyl (C=O) groups is 3. The minimum Gasteiger partial charge on any atom is -0.496 e. The van der Waals surface area contributed by atoms with Crippen LogP contribution in [0.1, 0.15) is 39.0 Å². The van der Waals surface area contributed by atoms with Crippen LogP contribution in [0.4, 0.5) is 4.39 Å². The Hall–Kier alpha value is -3.92. The van der Waals surface area contributed by atoms with Gasteiger partial charge in [-0.3, -0.25) is 9.59 Å². The number of nitrogens with zero attached hydrogens (tertiary/aromatic N) is 3. The van der Waals surface area contributed by atoms with E-state index in [0.29, 0.717) is 11.3 Å². The Balaban J connectivity index is 1.72. The topological polar surface area (TPSA) is 103 Å². The van der Waals surface area contributed by atoms with Crippen molar-refractivity contribution in [3.8, 4) is 5.75 Å². The molecule has 188 valence electrons. The number of ether oxygens (including phenoxy) is 2. The average Bonchev–Trinajstić information content (AvgIpc) is 3.29. The number of hydrogen-bond acceptors (Lipinski definition) is 6. The molecule has 0 saturated heterocycles. The van der Waals surface area contributed by atoms with Crippen LogP contribution in [0.5, 0.6) is 5.75 Å². The number of benzene rings is 2. The largest absolute Gasteiger partial charge is 0.496 e. The Bertz CT molecular complexity index is 1340. The molecule has 0 bridgehead atoms. The number of fused-ring (bicyclic) bond motifs is 1. The molecular formula is C25H24ClFN4O5. The summed E-state index contributed by atoms with van der Waals surface area (Å²) in [7, 11) is 2.72. The van der Waals surface area contributed by atoms with E-state index >= 15 is 0 Å². The highest BCUT2D eigenvalue weighted by Gasteiger charge is 2.49. The molecule has 1 aliphatic rings. The molecule has 0 saturated carbocycles. The molecule has 1 atom stereocenters. The lowest BCUT2D eigenvalue weighted by molar-refractivity contribution is -0.133. The van der Waals surface area contributed by atoms with Crippen molar-refractivity contribution >= 4 is 29.4 Å². The maximum absolute atomic E-state index is 13.7. The van der Waals surface area contributed by atoms with Gasteiger partial charge < -0.3 is 24.3 Å². The van der Waals surface area contributed by atoms with E-state index in [1.54, 1.807) is 13.0 Å². The number of imidazole rings is 1. The number of esters is 1. The van der Waals surface area contributed by atoms with Crippen molar-refractivity contribution < 1.29 is 28.2 Å². The molecule has 0 aliphatic carbocycles. The minimum atomic E-state index is -1.40. The number of aromatic nitrogens is 2. The Labute approximate surface area is 211 Å². The molecule has 2 heterocycles. The molecule has 0 unspecified atom stereocenters. The molecule has 3 aromatic rings. The summed E-state index contributed by atoms with van der Waals surface area (Å²) in [6, 6.07) is 11.0. The van der Waals surface area contributed by atoms with Crippen LogP contribution in [0.15, 0.2) is 48.8 Å². The van der Waals surface area contributed by atoms with Gasteiger partial charge in [0.25, 0.3) is 5.91 Å². The van der Waals surface area contributed by atoms with Gasteiger partial charge in [0.15, 0.2) is 5.69 Å². The fourth-order valence-corrected chi connectivity index (χ4v) is 4.44. The number of methoxy groups -OCH3 is 2. The van der Waals surface area contributed by atoms with Gasteiger partial charge in [-0.05, 0) is 30.7 Å². The van der Waals surface area contributed by atoms with Gasteiger partial charge in [-0.1, -0.05) is 35.9 Å². The molecule has 0 spiro atoms. The second-order valence-corrected chi connectivity index (χ2v) is 8.86. The van der Waals surface area contributed by atoms with Crippen LogP contribution in [-0.4, -0.2) is 52.0 Å². The molecule has 0 radical (unpaired) electrons. The van der Waals surface area contributed by atoms with Gasteiger partial charge in [0.1, 0.15) is 22.8 Å². The Morgan fingerprint density at radius 3 is 2.64 bits per heavy atom. The highest BCUT2D eigenvalue weighted by atomic mass is 35.5. The Morgan fingerprint density at radius 2 is 1.94 bits per heavy atom. The van der Waals surface area contributed by atoms with Crippen molar-refractivity contribution in [2.75, 3.05) is 14.2 Å². The summed E-state index contributed by atoms with van der Waals surface area (Å²) < 4.78 is 25.2. The summed E-state index contributed by atoms with van der Waals surface area (Å²) in [6.07, 6.45) is 1.33. The minimum absolute atomic E-state index is 0.00455. The van der Waals surface area contributed by atoms with Gasteiger partial charge in [0, 0.05) is 23.7 Å². The third kappa shape index (κ3) is 4.51. The SMILES string of the molecule is COC(=O)c1ncn2c1C(=O)N(Cc1ccc(F)cc1Cl)[C@](C)(C(=O)NCc1ccccc1OC)C2. The van der Waals surface area contributed by atoms with E-state index in [-0.39, 0.29) is 36.0 Å². The van der Waals surface area contributed by atoms with Gasteiger partial charge in [-0.15, -0.1) is 0 Å². The van der Waals surface area contributed by atoms with Crippen molar-refractivity contribution in [2.45, 2.75) is 32.1 Å². The normalized spacial score (nSPS) is 16.9. The summed E-state index contributed by atoms with van der Waals surface area (Å²) in [6.45, 7) is 1.67. The van der Waals surface area contributed by atoms with Gasteiger partial charge >= 0.3 is 5.97 Å². The smallest absolute Gasteiger partial charge is 0.359 e. The summed E-state index contributed by atoms with van der Waals surface area (Å²) in [5.41, 5.74) is -0.381.